The molecule has 0 unspecified atom stereocenters. The Balaban J connectivity index is 1.31. The molecule has 2 aliphatic heterocycles. The molecule has 226 valence electrons. The Kier molecular flexibility index (Phi) is 7.84. The average molecular weight is 634 g/mol. The first-order valence-corrected chi connectivity index (χ1v) is 15.5. The van der Waals surface area contributed by atoms with E-state index in [-0.39, 0.29) is 39.9 Å². The zero-order valence-electron chi connectivity index (χ0n) is 22.9. The van der Waals surface area contributed by atoms with Crippen LogP contribution in [0.15, 0.2) is 47.5 Å². The Labute approximate surface area is 250 Å². The lowest BCUT2D eigenvalue weighted by Gasteiger charge is -2.31. The van der Waals surface area contributed by atoms with Crippen molar-refractivity contribution in [3.8, 4) is 16.9 Å². The van der Waals surface area contributed by atoms with E-state index in [4.69, 9.17) is 16.3 Å². The molecule has 3 heterocycles. The average Bonchev–Trinajstić information content (AvgIpc) is 3.35. The molecule has 0 amide bonds. The summed E-state index contributed by atoms with van der Waals surface area (Å²) in [6.45, 7) is 4.81. The quantitative estimate of drug-likeness (QED) is 0.245. The Morgan fingerprint density at radius 2 is 1.88 bits per heavy atom. The maximum atomic E-state index is 15.8. The van der Waals surface area contributed by atoms with Crippen molar-refractivity contribution in [2.75, 3.05) is 36.3 Å². The van der Waals surface area contributed by atoms with E-state index in [2.05, 4.69) is 31.8 Å². The maximum Gasteiger partial charge on any atom is 0.265 e. The molecule has 1 aromatic heterocycles. The first-order chi connectivity index (χ1) is 20.6. The molecule has 0 radical (unpaired) electrons. The fraction of sp³-hybridized carbons (Fsp3) is 0.310. The number of sulfonamides is 1. The van der Waals surface area contributed by atoms with Gasteiger partial charge < -0.3 is 20.1 Å². The first-order valence-electron chi connectivity index (χ1n) is 13.7. The maximum absolute atomic E-state index is 15.8. The van der Waals surface area contributed by atoms with Gasteiger partial charge in [-0.1, -0.05) is 18.5 Å². The molecule has 3 aromatic carbocycles. The molecule has 0 aliphatic carbocycles. The number of nitrogens with zero attached hydrogens (tertiary/aromatic N) is 3. The van der Waals surface area contributed by atoms with Gasteiger partial charge in [-0.25, -0.2) is 31.6 Å². The van der Waals surface area contributed by atoms with Crippen LogP contribution in [0.3, 0.4) is 0 Å². The Morgan fingerprint density at radius 1 is 1.12 bits per heavy atom. The Bertz CT molecular complexity index is 1840. The Morgan fingerprint density at radius 3 is 2.63 bits per heavy atom. The van der Waals surface area contributed by atoms with Gasteiger partial charge in [0.05, 0.1) is 22.2 Å². The number of benzene rings is 3. The monoisotopic (exact) mass is 633 g/mol. The third kappa shape index (κ3) is 5.57. The van der Waals surface area contributed by atoms with E-state index < -0.39 is 55.3 Å². The second kappa shape index (κ2) is 11.5. The lowest BCUT2D eigenvalue weighted by atomic mass is 10.0. The van der Waals surface area contributed by atoms with Crippen LogP contribution < -0.4 is 14.8 Å². The highest BCUT2D eigenvalue weighted by molar-refractivity contribution is 7.92. The molecule has 0 saturated carbocycles. The van der Waals surface area contributed by atoms with Gasteiger partial charge in [0.25, 0.3) is 10.0 Å². The number of aliphatic hydroxyl groups excluding tert-OH is 1. The van der Waals surface area contributed by atoms with Gasteiger partial charge >= 0.3 is 0 Å². The van der Waals surface area contributed by atoms with Crippen molar-refractivity contribution in [3.05, 3.63) is 70.6 Å². The summed E-state index contributed by atoms with van der Waals surface area (Å²) in [5.41, 5.74) is -1.44. The van der Waals surface area contributed by atoms with Crippen LogP contribution in [0.5, 0.6) is 5.75 Å². The van der Waals surface area contributed by atoms with Gasteiger partial charge in [-0.2, -0.15) is 0 Å². The van der Waals surface area contributed by atoms with E-state index in [1.54, 1.807) is 0 Å². The number of aromatic nitrogens is 2. The minimum absolute atomic E-state index is 0.00429. The second-order valence-corrected chi connectivity index (χ2v) is 12.5. The molecule has 3 N–H and O–H groups in total. The van der Waals surface area contributed by atoms with Crippen LogP contribution in [0.2, 0.25) is 5.02 Å². The summed E-state index contributed by atoms with van der Waals surface area (Å²) in [4.78, 5) is 10.5. The zero-order valence-corrected chi connectivity index (χ0v) is 24.4. The van der Waals surface area contributed by atoms with Crippen LogP contribution in [-0.4, -0.2) is 60.7 Å². The van der Waals surface area contributed by atoms with Crippen LogP contribution in [0.25, 0.3) is 22.0 Å². The van der Waals surface area contributed by atoms with Crippen LogP contribution in [-0.2, 0) is 10.0 Å². The molecule has 43 heavy (non-hydrogen) atoms. The number of aliphatic hydroxyl groups is 1. The lowest BCUT2D eigenvalue weighted by Crippen LogP contribution is -2.39. The predicted octanol–water partition coefficient (Wildman–Crippen LogP) is 5.49. The highest BCUT2D eigenvalue weighted by Gasteiger charge is 2.32. The summed E-state index contributed by atoms with van der Waals surface area (Å²) in [5, 5.41) is 13.3. The molecule has 1 saturated heterocycles. The summed E-state index contributed by atoms with van der Waals surface area (Å²) >= 11 is 6.05. The van der Waals surface area contributed by atoms with Crippen LogP contribution in [0.1, 0.15) is 31.4 Å². The summed E-state index contributed by atoms with van der Waals surface area (Å²) in [6, 6.07) is 6.95. The van der Waals surface area contributed by atoms with E-state index in [1.165, 1.54) is 24.4 Å². The number of anilines is 2. The number of piperidine rings is 1. The summed E-state index contributed by atoms with van der Waals surface area (Å²) in [7, 11) is -4.54. The van der Waals surface area contributed by atoms with Gasteiger partial charge in [0.1, 0.15) is 35.0 Å². The van der Waals surface area contributed by atoms with Crippen molar-refractivity contribution in [3.63, 3.8) is 0 Å². The largest absolute Gasteiger partial charge is 0.489 e. The topological polar surface area (TPSA) is 117 Å². The van der Waals surface area contributed by atoms with Gasteiger partial charge in [0, 0.05) is 41.5 Å². The van der Waals surface area contributed by atoms with Crippen molar-refractivity contribution in [1.82, 2.24) is 14.9 Å². The molecule has 1 fully saturated rings. The lowest BCUT2D eigenvalue weighted by molar-refractivity contribution is 0.140. The third-order valence-corrected chi connectivity index (χ3v) is 9.34. The van der Waals surface area contributed by atoms with E-state index in [1.807, 2.05) is 0 Å². The van der Waals surface area contributed by atoms with Crippen molar-refractivity contribution < 1.29 is 31.4 Å². The van der Waals surface area contributed by atoms with Crippen molar-refractivity contribution in [2.45, 2.75) is 36.8 Å². The minimum atomic E-state index is -4.54. The van der Waals surface area contributed by atoms with Crippen molar-refractivity contribution in [2.24, 2.45) is 0 Å². The molecular formula is C29H27ClF3N5O4S. The smallest absolute Gasteiger partial charge is 0.265 e. The molecular weight excluding hydrogens is 607 g/mol. The summed E-state index contributed by atoms with van der Waals surface area (Å²) in [5.74, 6) is -3.21. The zero-order chi connectivity index (χ0) is 30.5. The number of hydrogen-bond donors (Lipinski definition) is 3. The molecule has 0 spiro atoms. The van der Waals surface area contributed by atoms with Crippen LogP contribution in [0.4, 0.5) is 24.8 Å². The Hall–Kier alpha value is -3.65. The SMILES string of the molecule is CCN1CCC(Nc2ncc3c(F)c(-c4c(F)ccc(NS(=O)(=O)c5cc(Cl)cc6c5OC[C@H]6O)c4F)ccc3n2)CC1. The van der Waals surface area contributed by atoms with Crippen molar-refractivity contribution >= 4 is 44.2 Å². The fourth-order valence-corrected chi connectivity index (χ4v) is 6.98. The highest BCUT2D eigenvalue weighted by atomic mass is 35.5. The number of halogens is 4. The predicted molar refractivity (Wildman–Crippen MR) is 156 cm³/mol. The number of fused-ring (bicyclic) bond motifs is 2. The third-order valence-electron chi connectivity index (χ3n) is 7.75. The van der Waals surface area contributed by atoms with Gasteiger partial charge in [-0.3, -0.25) is 4.72 Å². The minimum Gasteiger partial charge on any atom is -0.489 e. The van der Waals surface area contributed by atoms with E-state index in [0.717, 1.165) is 50.7 Å². The number of ether oxygens (including phenoxy) is 1. The van der Waals surface area contributed by atoms with Gasteiger partial charge in [0.15, 0.2) is 5.82 Å². The number of rotatable bonds is 7. The molecule has 4 aromatic rings. The second-order valence-electron chi connectivity index (χ2n) is 10.4. The normalized spacial score (nSPS) is 17.6. The number of nitrogens with one attached hydrogen (secondary N) is 2. The molecule has 2 aliphatic rings. The van der Waals surface area contributed by atoms with Crippen LogP contribution in [0, 0.1) is 17.5 Å². The molecule has 14 heteroatoms. The van der Waals surface area contributed by atoms with E-state index >= 15 is 13.2 Å². The number of likely N-dealkylation sites (tertiary alicyclic amines) is 1. The first kappa shape index (κ1) is 29.4. The van der Waals surface area contributed by atoms with Gasteiger partial charge in [-0.15, -0.1) is 0 Å². The fourth-order valence-electron chi connectivity index (χ4n) is 5.43. The van der Waals surface area contributed by atoms with Crippen molar-refractivity contribution in [1.29, 1.82) is 0 Å². The molecule has 1 atom stereocenters. The molecule has 9 nitrogen and oxygen atoms in total. The summed E-state index contributed by atoms with van der Waals surface area (Å²) in [6.07, 6.45) is 1.98. The standard InChI is InChI=1S/C29H27ClF3N5O4S/c1-2-38-9-7-16(8-10-38)35-29-34-13-19-21(36-29)5-3-17(26(19)32)25-20(31)4-6-22(27(25)33)37-43(40,41)24-12-15(30)11-18-23(39)14-42-28(18)24/h3-6,11-13,16,23,37,39H,2,7-10,14H2,1H3,(H,34,35,36)/t23-/m1/s1. The van der Waals surface area contributed by atoms with E-state index in [0.29, 0.717) is 5.95 Å². The highest BCUT2D eigenvalue weighted by Crippen LogP contribution is 2.41. The van der Waals surface area contributed by atoms with Gasteiger partial charge in [0.2, 0.25) is 5.95 Å². The van der Waals surface area contributed by atoms with Crippen LogP contribution >= 0.6 is 11.6 Å². The van der Waals surface area contributed by atoms with E-state index in [9.17, 15) is 13.5 Å². The van der Waals surface area contributed by atoms with Gasteiger partial charge in [-0.05, 0) is 55.8 Å². The molecule has 6 rings (SSSR count). The number of hydrogen-bond acceptors (Lipinski definition) is 8. The molecule has 0 bridgehead atoms. The summed E-state index contributed by atoms with van der Waals surface area (Å²) < 4.78 is 80.4.